The van der Waals surface area contributed by atoms with E-state index in [4.69, 9.17) is 11.6 Å². The van der Waals surface area contributed by atoms with Crippen molar-refractivity contribution in [3.05, 3.63) is 41.4 Å². The van der Waals surface area contributed by atoms with Crippen LogP contribution in [0.1, 0.15) is 12.0 Å². The van der Waals surface area contributed by atoms with E-state index in [1.165, 1.54) is 5.56 Å². The van der Waals surface area contributed by atoms with Gasteiger partial charge in [0, 0.05) is 6.54 Å². The molecule has 1 rings (SSSR count). The number of rotatable bonds is 4. The fourth-order valence-electron chi connectivity index (χ4n) is 1.07. The molecule has 0 aliphatic heterocycles. The summed E-state index contributed by atoms with van der Waals surface area (Å²) in [6.45, 7) is 6.56. The zero-order valence-electron chi connectivity index (χ0n) is 7.81. The maximum absolute atomic E-state index is 6.02. The van der Waals surface area contributed by atoms with Crippen molar-refractivity contribution in [3.8, 4) is 0 Å². The number of nitrogens with one attached hydrogen (secondary N) is 1. The first-order valence-electron chi connectivity index (χ1n) is 4.35. The number of hydrogen-bond donors (Lipinski definition) is 1. The predicted octanol–water partition coefficient (Wildman–Crippen LogP) is 3.64. The zero-order chi connectivity index (χ0) is 9.68. The topological polar surface area (TPSA) is 12.0 Å². The highest BCUT2D eigenvalue weighted by Crippen LogP contribution is 2.22. The van der Waals surface area contributed by atoms with Gasteiger partial charge in [0.15, 0.2) is 0 Å². The van der Waals surface area contributed by atoms with Crippen molar-refractivity contribution in [1.82, 2.24) is 0 Å². The molecule has 0 fully saturated rings. The zero-order valence-corrected chi connectivity index (χ0v) is 8.56. The van der Waals surface area contributed by atoms with E-state index in [2.05, 4.69) is 11.9 Å². The molecule has 0 unspecified atom stereocenters. The Morgan fingerprint density at radius 2 is 2.31 bits per heavy atom. The van der Waals surface area contributed by atoms with Crippen LogP contribution in [0.3, 0.4) is 0 Å². The number of benzene rings is 1. The Bertz CT molecular complexity index is 294. The van der Waals surface area contributed by atoms with Gasteiger partial charge in [-0.25, -0.2) is 0 Å². The molecule has 0 radical (unpaired) electrons. The summed E-state index contributed by atoms with van der Waals surface area (Å²) in [5.74, 6) is 0. The second kappa shape index (κ2) is 4.93. The minimum Gasteiger partial charge on any atom is -0.384 e. The number of aryl methyl sites for hydroxylation is 1. The van der Waals surface area contributed by atoms with E-state index in [9.17, 15) is 0 Å². The average molecular weight is 196 g/mol. The van der Waals surface area contributed by atoms with E-state index >= 15 is 0 Å². The summed E-state index contributed by atoms with van der Waals surface area (Å²) in [4.78, 5) is 0. The molecule has 70 valence electrons. The highest BCUT2D eigenvalue weighted by atomic mass is 35.5. The lowest BCUT2D eigenvalue weighted by atomic mass is 10.2. The lowest BCUT2D eigenvalue weighted by Gasteiger charge is -2.07. The summed E-state index contributed by atoms with van der Waals surface area (Å²) in [7, 11) is 0. The molecule has 1 N–H and O–H groups in total. The van der Waals surface area contributed by atoms with Crippen LogP contribution in [0.15, 0.2) is 30.9 Å². The SMILES string of the molecule is C=CCCNc1ccc(C)cc1Cl. The molecule has 0 saturated heterocycles. The first-order chi connectivity index (χ1) is 6.24. The van der Waals surface area contributed by atoms with Crippen LogP contribution in [0.2, 0.25) is 5.02 Å². The van der Waals surface area contributed by atoms with Crippen LogP contribution in [-0.4, -0.2) is 6.54 Å². The molecule has 0 spiro atoms. The first kappa shape index (κ1) is 10.1. The highest BCUT2D eigenvalue weighted by Gasteiger charge is 1.97. The van der Waals surface area contributed by atoms with Crippen molar-refractivity contribution in [3.63, 3.8) is 0 Å². The van der Waals surface area contributed by atoms with Crippen LogP contribution < -0.4 is 5.32 Å². The molecule has 1 nitrogen and oxygen atoms in total. The van der Waals surface area contributed by atoms with Gasteiger partial charge in [0.05, 0.1) is 10.7 Å². The van der Waals surface area contributed by atoms with E-state index < -0.39 is 0 Å². The van der Waals surface area contributed by atoms with Gasteiger partial charge in [-0.3, -0.25) is 0 Å². The van der Waals surface area contributed by atoms with E-state index in [0.717, 1.165) is 23.7 Å². The molecular weight excluding hydrogens is 182 g/mol. The van der Waals surface area contributed by atoms with Crippen molar-refractivity contribution < 1.29 is 0 Å². The van der Waals surface area contributed by atoms with Gasteiger partial charge in [-0.2, -0.15) is 0 Å². The van der Waals surface area contributed by atoms with E-state index in [1.807, 2.05) is 31.2 Å². The third-order valence-electron chi connectivity index (χ3n) is 1.79. The molecule has 0 aliphatic rings. The molecule has 1 aromatic carbocycles. The molecular formula is C11H14ClN. The summed E-state index contributed by atoms with van der Waals surface area (Å²) in [5.41, 5.74) is 2.17. The lowest BCUT2D eigenvalue weighted by molar-refractivity contribution is 1.07. The van der Waals surface area contributed by atoms with Crippen LogP contribution in [0.5, 0.6) is 0 Å². The standard InChI is InChI=1S/C11H14ClN/c1-3-4-7-13-11-6-5-9(2)8-10(11)12/h3,5-6,8,13H,1,4,7H2,2H3. The van der Waals surface area contributed by atoms with Crippen LogP contribution in [0, 0.1) is 6.92 Å². The Balaban J connectivity index is 2.61. The fraction of sp³-hybridized carbons (Fsp3) is 0.273. The molecule has 0 atom stereocenters. The Morgan fingerprint density at radius 3 is 2.92 bits per heavy atom. The third-order valence-corrected chi connectivity index (χ3v) is 2.10. The second-order valence-corrected chi connectivity index (χ2v) is 3.39. The van der Waals surface area contributed by atoms with Crippen molar-refractivity contribution >= 4 is 17.3 Å². The molecule has 13 heavy (non-hydrogen) atoms. The number of hydrogen-bond acceptors (Lipinski definition) is 1. The lowest BCUT2D eigenvalue weighted by Crippen LogP contribution is -2.00. The Hall–Kier alpha value is -0.950. The Morgan fingerprint density at radius 1 is 1.54 bits per heavy atom. The largest absolute Gasteiger partial charge is 0.384 e. The van der Waals surface area contributed by atoms with Gasteiger partial charge in [0.2, 0.25) is 0 Å². The molecule has 0 heterocycles. The van der Waals surface area contributed by atoms with Crippen LogP contribution >= 0.6 is 11.6 Å². The van der Waals surface area contributed by atoms with Gasteiger partial charge in [-0.1, -0.05) is 23.7 Å². The van der Waals surface area contributed by atoms with Gasteiger partial charge in [0.1, 0.15) is 0 Å². The average Bonchev–Trinajstić information content (AvgIpc) is 2.09. The molecule has 0 saturated carbocycles. The van der Waals surface area contributed by atoms with Gasteiger partial charge >= 0.3 is 0 Å². The summed E-state index contributed by atoms with van der Waals surface area (Å²) < 4.78 is 0. The number of halogens is 1. The van der Waals surface area contributed by atoms with Gasteiger partial charge in [-0.05, 0) is 31.0 Å². The summed E-state index contributed by atoms with van der Waals surface area (Å²) in [5, 5.41) is 4.02. The maximum Gasteiger partial charge on any atom is 0.0640 e. The Kier molecular flexibility index (Phi) is 3.84. The van der Waals surface area contributed by atoms with E-state index in [1.54, 1.807) is 0 Å². The smallest absolute Gasteiger partial charge is 0.0640 e. The number of anilines is 1. The van der Waals surface area contributed by atoms with E-state index in [-0.39, 0.29) is 0 Å². The van der Waals surface area contributed by atoms with Crippen molar-refractivity contribution in [2.45, 2.75) is 13.3 Å². The van der Waals surface area contributed by atoms with Crippen molar-refractivity contribution in [1.29, 1.82) is 0 Å². The Labute approximate surface area is 84.4 Å². The maximum atomic E-state index is 6.02. The van der Waals surface area contributed by atoms with Crippen LogP contribution in [-0.2, 0) is 0 Å². The quantitative estimate of drug-likeness (QED) is 0.572. The minimum atomic E-state index is 0.782. The molecule has 2 heteroatoms. The predicted molar refractivity (Wildman–Crippen MR) is 59.5 cm³/mol. The first-order valence-corrected chi connectivity index (χ1v) is 4.73. The highest BCUT2D eigenvalue weighted by molar-refractivity contribution is 6.33. The molecule has 1 aromatic rings. The molecule has 0 amide bonds. The minimum absolute atomic E-state index is 0.782. The van der Waals surface area contributed by atoms with Crippen molar-refractivity contribution in [2.75, 3.05) is 11.9 Å². The summed E-state index contributed by atoms with van der Waals surface area (Å²) in [6, 6.07) is 6.00. The fourth-order valence-corrected chi connectivity index (χ4v) is 1.37. The van der Waals surface area contributed by atoms with Crippen molar-refractivity contribution in [2.24, 2.45) is 0 Å². The van der Waals surface area contributed by atoms with Gasteiger partial charge < -0.3 is 5.32 Å². The molecule has 0 aromatic heterocycles. The van der Waals surface area contributed by atoms with Crippen LogP contribution in [0.4, 0.5) is 5.69 Å². The normalized spacial score (nSPS) is 9.69. The summed E-state index contributed by atoms with van der Waals surface area (Å²) in [6.07, 6.45) is 2.83. The monoisotopic (exact) mass is 195 g/mol. The van der Waals surface area contributed by atoms with E-state index in [0.29, 0.717) is 0 Å². The van der Waals surface area contributed by atoms with Gasteiger partial charge in [-0.15, -0.1) is 6.58 Å². The molecule has 0 bridgehead atoms. The van der Waals surface area contributed by atoms with Gasteiger partial charge in [0.25, 0.3) is 0 Å². The second-order valence-electron chi connectivity index (χ2n) is 2.99. The van der Waals surface area contributed by atoms with Crippen LogP contribution in [0.25, 0.3) is 0 Å². The summed E-state index contributed by atoms with van der Waals surface area (Å²) >= 11 is 6.02. The molecule has 0 aliphatic carbocycles. The third kappa shape index (κ3) is 3.11.